The Balaban J connectivity index is 0. The molecule has 0 amide bonds. The molecule has 4 nitrogen and oxygen atoms in total. The molecule has 5 N–H and O–H groups in total. The zero-order chi connectivity index (χ0) is 7.86. The molecule has 0 spiro atoms. The van der Waals surface area contributed by atoms with Crippen LogP contribution in [0.25, 0.3) is 0 Å². The molecule has 0 atom stereocenters. The fourth-order valence-corrected chi connectivity index (χ4v) is 0. The summed E-state index contributed by atoms with van der Waals surface area (Å²) < 4.78 is 0. The van der Waals surface area contributed by atoms with Gasteiger partial charge in [-0.05, 0) is 12.2 Å². The van der Waals surface area contributed by atoms with Crippen LogP contribution in [0.3, 0.4) is 0 Å². The molecule has 5 heteroatoms. The first-order valence-electron chi connectivity index (χ1n) is 2.27. The van der Waals surface area contributed by atoms with E-state index in [2.05, 4.69) is 23.7 Å². The van der Waals surface area contributed by atoms with Gasteiger partial charge in [-0.1, -0.05) is 6.92 Å². The van der Waals surface area contributed by atoms with Crippen LogP contribution >= 0.6 is 12.2 Å². The molecule has 0 aromatic rings. The Morgan fingerprint density at radius 1 is 1.67 bits per heavy atom. The summed E-state index contributed by atoms with van der Waals surface area (Å²) in [6.45, 7) is 1.60. The van der Waals surface area contributed by atoms with Crippen LogP contribution in [0.4, 0.5) is 0 Å². The minimum Gasteiger partial charge on any atom is -0.481 e. The van der Waals surface area contributed by atoms with Crippen molar-refractivity contribution in [1.29, 1.82) is 0 Å². The Morgan fingerprint density at radius 2 is 1.78 bits per heavy atom. The summed E-state index contributed by atoms with van der Waals surface area (Å²) in [6.07, 6.45) is 0.222. The summed E-state index contributed by atoms with van der Waals surface area (Å²) in [5, 5.41) is 7.72. The highest BCUT2D eigenvalue weighted by atomic mass is 32.1. The summed E-state index contributed by atoms with van der Waals surface area (Å²) in [5.41, 5.74) is 9.24. The molecule has 9 heavy (non-hydrogen) atoms. The van der Waals surface area contributed by atoms with Gasteiger partial charge in [-0.3, -0.25) is 4.79 Å². The number of hydrogen-bond donors (Lipinski definition) is 3. The Bertz CT molecular complexity index is 101. The molecule has 0 saturated heterocycles. The molecule has 0 heterocycles. The Labute approximate surface area is 58.8 Å². The van der Waals surface area contributed by atoms with Crippen LogP contribution in [0, 0.1) is 0 Å². The Kier molecular flexibility index (Phi) is 8.77. The minimum atomic E-state index is -0.745. The first-order chi connectivity index (χ1) is 4.00. The fraction of sp³-hybridized carbons (Fsp3) is 0.500. The fourth-order valence-electron chi connectivity index (χ4n) is 0. The van der Waals surface area contributed by atoms with Crippen LogP contribution < -0.4 is 11.5 Å². The highest BCUT2D eigenvalue weighted by Crippen LogP contribution is 1.67. The van der Waals surface area contributed by atoms with E-state index >= 15 is 0 Å². The van der Waals surface area contributed by atoms with Crippen LogP contribution in [0.15, 0.2) is 0 Å². The normalized spacial score (nSPS) is 6.78. The first-order valence-corrected chi connectivity index (χ1v) is 2.68. The number of carboxylic acid groups (broad SMARTS) is 1. The predicted molar refractivity (Wildman–Crippen MR) is 38.9 cm³/mol. The first kappa shape index (κ1) is 11.0. The standard InChI is InChI=1S/C3H6O2.CH4N2S/c1-2-3(4)5;2-1(3)4/h2H2,1H3,(H,4,5);(H4,2,3,4). The van der Waals surface area contributed by atoms with Crippen molar-refractivity contribution in [3.63, 3.8) is 0 Å². The topological polar surface area (TPSA) is 89.3 Å². The summed E-state index contributed by atoms with van der Waals surface area (Å²) in [7, 11) is 0. The molecule has 0 aromatic carbocycles. The molecule has 0 fully saturated rings. The molecule has 0 rings (SSSR count). The van der Waals surface area contributed by atoms with Gasteiger partial charge in [0.2, 0.25) is 0 Å². The summed E-state index contributed by atoms with van der Waals surface area (Å²) in [4.78, 5) is 9.37. The Hall–Kier alpha value is -0.840. The number of aliphatic carboxylic acids is 1. The molecular weight excluding hydrogens is 140 g/mol. The SMILES string of the molecule is CCC(=O)O.NC(N)=S. The second-order valence-electron chi connectivity index (χ2n) is 1.15. The molecular formula is C4H10N2O2S. The van der Waals surface area contributed by atoms with E-state index in [1.54, 1.807) is 6.92 Å². The van der Waals surface area contributed by atoms with Crippen molar-refractivity contribution >= 4 is 23.3 Å². The summed E-state index contributed by atoms with van der Waals surface area (Å²) >= 11 is 4.09. The molecule has 0 aliphatic heterocycles. The van der Waals surface area contributed by atoms with E-state index in [9.17, 15) is 4.79 Å². The van der Waals surface area contributed by atoms with Gasteiger partial charge in [0.25, 0.3) is 0 Å². The van der Waals surface area contributed by atoms with Gasteiger partial charge in [-0.15, -0.1) is 0 Å². The van der Waals surface area contributed by atoms with E-state index in [1.165, 1.54) is 0 Å². The second-order valence-corrected chi connectivity index (χ2v) is 1.62. The number of carbonyl (C=O) groups is 1. The van der Waals surface area contributed by atoms with E-state index < -0.39 is 5.97 Å². The highest BCUT2D eigenvalue weighted by molar-refractivity contribution is 7.80. The Morgan fingerprint density at radius 3 is 1.78 bits per heavy atom. The van der Waals surface area contributed by atoms with Crippen LogP contribution in [-0.4, -0.2) is 16.2 Å². The third-order valence-corrected chi connectivity index (χ3v) is 0.302. The monoisotopic (exact) mass is 150 g/mol. The maximum atomic E-state index is 9.37. The van der Waals surface area contributed by atoms with Crippen molar-refractivity contribution in [1.82, 2.24) is 0 Å². The van der Waals surface area contributed by atoms with Gasteiger partial charge in [0.1, 0.15) is 0 Å². The van der Waals surface area contributed by atoms with Gasteiger partial charge in [-0.25, -0.2) is 0 Å². The lowest BCUT2D eigenvalue weighted by molar-refractivity contribution is -0.136. The smallest absolute Gasteiger partial charge is 0.303 e. The van der Waals surface area contributed by atoms with Crippen LogP contribution in [0.1, 0.15) is 13.3 Å². The van der Waals surface area contributed by atoms with Crippen molar-refractivity contribution in [3.05, 3.63) is 0 Å². The van der Waals surface area contributed by atoms with Crippen molar-refractivity contribution in [2.75, 3.05) is 0 Å². The van der Waals surface area contributed by atoms with E-state index in [1.807, 2.05) is 0 Å². The van der Waals surface area contributed by atoms with Crippen molar-refractivity contribution in [2.45, 2.75) is 13.3 Å². The van der Waals surface area contributed by atoms with Crippen molar-refractivity contribution in [2.24, 2.45) is 11.5 Å². The maximum absolute atomic E-state index is 9.37. The summed E-state index contributed by atoms with van der Waals surface area (Å²) in [5.74, 6) is -0.745. The summed E-state index contributed by atoms with van der Waals surface area (Å²) in [6, 6.07) is 0. The minimum absolute atomic E-state index is 0.000000000000000222. The third kappa shape index (κ3) is 142. The van der Waals surface area contributed by atoms with Crippen molar-refractivity contribution < 1.29 is 9.90 Å². The van der Waals surface area contributed by atoms with Gasteiger partial charge in [-0.2, -0.15) is 0 Å². The van der Waals surface area contributed by atoms with Crippen LogP contribution in [0.2, 0.25) is 0 Å². The molecule has 0 aliphatic rings. The van der Waals surface area contributed by atoms with E-state index in [0.29, 0.717) is 0 Å². The largest absolute Gasteiger partial charge is 0.481 e. The molecule has 0 saturated carbocycles. The van der Waals surface area contributed by atoms with Gasteiger partial charge in [0.05, 0.1) is 0 Å². The number of nitrogens with two attached hydrogens (primary N) is 2. The lowest BCUT2D eigenvalue weighted by Crippen LogP contribution is -2.18. The predicted octanol–water partition coefficient (Wildman–Crippen LogP) is -0.330. The van der Waals surface area contributed by atoms with Crippen LogP contribution in [-0.2, 0) is 4.79 Å². The highest BCUT2D eigenvalue weighted by Gasteiger charge is 1.80. The number of hydrogen-bond acceptors (Lipinski definition) is 2. The van der Waals surface area contributed by atoms with Crippen molar-refractivity contribution in [3.8, 4) is 0 Å². The number of rotatable bonds is 1. The average Bonchev–Trinajstić information content (AvgIpc) is 1.65. The molecule has 54 valence electrons. The number of carboxylic acids is 1. The van der Waals surface area contributed by atoms with Gasteiger partial charge in [0, 0.05) is 6.42 Å². The van der Waals surface area contributed by atoms with Gasteiger partial charge < -0.3 is 16.6 Å². The zero-order valence-corrected chi connectivity index (χ0v) is 5.94. The van der Waals surface area contributed by atoms with E-state index in [0.717, 1.165) is 0 Å². The third-order valence-electron chi connectivity index (χ3n) is 0.302. The molecule has 0 bridgehead atoms. The van der Waals surface area contributed by atoms with E-state index in [4.69, 9.17) is 5.11 Å². The molecule has 0 aromatic heterocycles. The van der Waals surface area contributed by atoms with Crippen LogP contribution in [0.5, 0.6) is 0 Å². The second kappa shape index (κ2) is 7.16. The van der Waals surface area contributed by atoms with Gasteiger partial charge in [0.15, 0.2) is 5.11 Å². The average molecular weight is 150 g/mol. The lowest BCUT2D eigenvalue weighted by atomic mass is 10.5. The maximum Gasteiger partial charge on any atom is 0.303 e. The zero-order valence-electron chi connectivity index (χ0n) is 5.13. The molecule has 0 radical (unpaired) electrons. The van der Waals surface area contributed by atoms with E-state index in [-0.39, 0.29) is 11.5 Å². The van der Waals surface area contributed by atoms with Gasteiger partial charge >= 0.3 is 5.97 Å². The number of thiocarbonyl (C=S) groups is 1. The lowest BCUT2D eigenvalue weighted by Gasteiger charge is -1.71. The quantitative estimate of drug-likeness (QED) is 0.445. The molecule has 0 aliphatic carbocycles. The molecule has 0 unspecified atom stereocenters.